The minimum Gasteiger partial charge on any atom is -0.497 e. The normalized spacial score (nSPS) is 24.4. The molecular formula is C19H29N3O. The van der Waals surface area contributed by atoms with Crippen LogP contribution in [0.3, 0.4) is 0 Å². The lowest BCUT2D eigenvalue weighted by Crippen LogP contribution is -2.41. The van der Waals surface area contributed by atoms with Crippen molar-refractivity contribution < 1.29 is 4.74 Å². The van der Waals surface area contributed by atoms with Gasteiger partial charge in [0.05, 0.1) is 7.11 Å². The SMILES string of the molecule is CN=C(NCCc1cccc(OC)c1)N1CC2CCCCC2C1. The first-order chi connectivity index (χ1) is 11.3. The van der Waals surface area contributed by atoms with Gasteiger partial charge < -0.3 is 15.0 Å². The number of guanidine groups is 1. The monoisotopic (exact) mass is 315 g/mol. The first-order valence-corrected chi connectivity index (χ1v) is 8.88. The topological polar surface area (TPSA) is 36.9 Å². The molecule has 2 fully saturated rings. The molecule has 0 aromatic heterocycles. The summed E-state index contributed by atoms with van der Waals surface area (Å²) < 4.78 is 5.29. The first kappa shape index (κ1) is 16.2. The standard InChI is InChI=1S/C19H29N3O/c1-20-19(22-13-16-7-3-4-8-17(16)14-22)21-11-10-15-6-5-9-18(12-15)23-2/h5-6,9,12,16-17H,3-4,7-8,10-11,13-14H2,1-2H3,(H,20,21). The number of benzene rings is 1. The molecule has 126 valence electrons. The molecule has 2 atom stereocenters. The van der Waals surface area contributed by atoms with E-state index in [0.717, 1.165) is 36.5 Å². The van der Waals surface area contributed by atoms with Gasteiger partial charge in [-0.25, -0.2) is 0 Å². The Morgan fingerprint density at radius 1 is 1.26 bits per heavy atom. The second-order valence-electron chi connectivity index (χ2n) is 6.79. The molecular weight excluding hydrogens is 286 g/mol. The van der Waals surface area contributed by atoms with E-state index in [-0.39, 0.29) is 0 Å². The predicted molar refractivity (Wildman–Crippen MR) is 95.1 cm³/mol. The highest BCUT2D eigenvalue weighted by Crippen LogP contribution is 2.35. The van der Waals surface area contributed by atoms with Crippen molar-refractivity contribution >= 4 is 5.96 Å². The van der Waals surface area contributed by atoms with Gasteiger partial charge >= 0.3 is 0 Å². The molecule has 1 heterocycles. The summed E-state index contributed by atoms with van der Waals surface area (Å²) >= 11 is 0. The number of hydrogen-bond donors (Lipinski definition) is 1. The Bertz CT molecular complexity index is 529. The van der Waals surface area contributed by atoms with E-state index in [1.54, 1.807) is 7.11 Å². The van der Waals surface area contributed by atoms with Crippen molar-refractivity contribution in [3.63, 3.8) is 0 Å². The molecule has 0 radical (unpaired) electrons. The molecule has 0 amide bonds. The molecule has 0 spiro atoms. The van der Waals surface area contributed by atoms with E-state index in [4.69, 9.17) is 4.74 Å². The van der Waals surface area contributed by atoms with Gasteiger partial charge in [0, 0.05) is 26.7 Å². The van der Waals surface area contributed by atoms with Crippen LogP contribution in [0.25, 0.3) is 0 Å². The van der Waals surface area contributed by atoms with Crippen LogP contribution < -0.4 is 10.1 Å². The average Bonchev–Trinajstić information content (AvgIpc) is 3.02. The maximum absolute atomic E-state index is 5.29. The Kier molecular flexibility index (Phi) is 5.42. The zero-order chi connectivity index (χ0) is 16.1. The first-order valence-electron chi connectivity index (χ1n) is 8.88. The number of nitrogens with one attached hydrogen (secondary N) is 1. The largest absolute Gasteiger partial charge is 0.497 e. The average molecular weight is 315 g/mol. The molecule has 23 heavy (non-hydrogen) atoms. The van der Waals surface area contributed by atoms with Crippen molar-refractivity contribution in [2.75, 3.05) is 33.8 Å². The van der Waals surface area contributed by atoms with Gasteiger partial charge in [-0.05, 0) is 48.8 Å². The van der Waals surface area contributed by atoms with Crippen LogP contribution in [0.1, 0.15) is 31.2 Å². The molecule has 0 bridgehead atoms. The highest BCUT2D eigenvalue weighted by molar-refractivity contribution is 5.80. The van der Waals surface area contributed by atoms with Crippen LogP contribution in [0.4, 0.5) is 0 Å². The molecule has 4 nitrogen and oxygen atoms in total. The van der Waals surface area contributed by atoms with Crippen molar-refractivity contribution in [3.8, 4) is 5.75 Å². The summed E-state index contributed by atoms with van der Waals surface area (Å²) in [6.07, 6.45) is 6.62. The molecule has 1 aromatic rings. The number of hydrogen-bond acceptors (Lipinski definition) is 2. The van der Waals surface area contributed by atoms with Gasteiger partial charge in [0.2, 0.25) is 0 Å². The van der Waals surface area contributed by atoms with E-state index in [0.29, 0.717) is 0 Å². The second-order valence-corrected chi connectivity index (χ2v) is 6.79. The lowest BCUT2D eigenvalue weighted by atomic mass is 9.82. The molecule has 2 aliphatic rings. The molecule has 2 unspecified atom stereocenters. The second kappa shape index (κ2) is 7.71. The van der Waals surface area contributed by atoms with Gasteiger partial charge in [0.25, 0.3) is 0 Å². The lowest BCUT2D eigenvalue weighted by Gasteiger charge is -2.22. The third-order valence-electron chi connectivity index (χ3n) is 5.32. The molecule has 3 rings (SSSR count). The molecule has 1 saturated carbocycles. The van der Waals surface area contributed by atoms with E-state index < -0.39 is 0 Å². The van der Waals surface area contributed by atoms with E-state index in [1.807, 2.05) is 19.2 Å². The van der Waals surface area contributed by atoms with Gasteiger partial charge in [-0.1, -0.05) is 25.0 Å². The number of fused-ring (bicyclic) bond motifs is 1. The van der Waals surface area contributed by atoms with E-state index >= 15 is 0 Å². The quantitative estimate of drug-likeness (QED) is 0.685. The Balaban J connectivity index is 1.50. The number of rotatable bonds is 4. The summed E-state index contributed by atoms with van der Waals surface area (Å²) in [7, 11) is 3.61. The van der Waals surface area contributed by atoms with Gasteiger partial charge in [-0.15, -0.1) is 0 Å². The van der Waals surface area contributed by atoms with E-state index in [9.17, 15) is 0 Å². The van der Waals surface area contributed by atoms with E-state index in [2.05, 4.69) is 27.3 Å². The molecule has 1 aromatic carbocycles. The Labute approximate surface area is 139 Å². The fourth-order valence-electron chi connectivity index (χ4n) is 4.06. The van der Waals surface area contributed by atoms with Crippen LogP contribution in [-0.4, -0.2) is 44.7 Å². The highest BCUT2D eigenvalue weighted by atomic mass is 16.5. The highest BCUT2D eigenvalue weighted by Gasteiger charge is 2.35. The number of ether oxygens (including phenoxy) is 1. The molecule has 1 aliphatic carbocycles. The van der Waals surface area contributed by atoms with Crippen LogP contribution >= 0.6 is 0 Å². The van der Waals surface area contributed by atoms with Crippen LogP contribution in [0.15, 0.2) is 29.3 Å². The fourth-order valence-corrected chi connectivity index (χ4v) is 4.06. The Morgan fingerprint density at radius 2 is 2.00 bits per heavy atom. The van der Waals surface area contributed by atoms with E-state index in [1.165, 1.54) is 44.3 Å². The van der Waals surface area contributed by atoms with Crippen LogP contribution in [0.5, 0.6) is 5.75 Å². The Hall–Kier alpha value is -1.71. The summed E-state index contributed by atoms with van der Waals surface area (Å²) in [6, 6.07) is 8.29. The molecule has 1 saturated heterocycles. The van der Waals surface area contributed by atoms with Gasteiger partial charge in [0.15, 0.2) is 5.96 Å². The molecule has 1 aliphatic heterocycles. The number of nitrogens with zero attached hydrogens (tertiary/aromatic N) is 2. The molecule has 1 N–H and O–H groups in total. The van der Waals surface area contributed by atoms with Crippen molar-refractivity contribution in [1.29, 1.82) is 0 Å². The third kappa shape index (κ3) is 3.98. The maximum atomic E-state index is 5.29. The smallest absolute Gasteiger partial charge is 0.193 e. The van der Waals surface area contributed by atoms with Crippen molar-refractivity contribution in [2.45, 2.75) is 32.1 Å². The number of aliphatic imine (C=N–C) groups is 1. The zero-order valence-electron chi connectivity index (χ0n) is 14.4. The summed E-state index contributed by atoms with van der Waals surface area (Å²) in [5.41, 5.74) is 1.29. The van der Waals surface area contributed by atoms with Crippen molar-refractivity contribution in [3.05, 3.63) is 29.8 Å². The van der Waals surface area contributed by atoms with Crippen LogP contribution in [0, 0.1) is 11.8 Å². The third-order valence-corrected chi connectivity index (χ3v) is 5.32. The van der Waals surface area contributed by atoms with Gasteiger partial charge in [0.1, 0.15) is 5.75 Å². The minimum absolute atomic E-state index is 0.890. The lowest BCUT2D eigenvalue weighted by molar-refractivity contribution is 0.299. The zero-order valence-corrected chi connectivity index (χ0v) is 14.4. The summed E-state index contributed by atoms with van der Waals surface area (Å²) in [5.74, 6) is 3.78. The fraction of sp³-hybridized carbons (Fsp3) is 0.632. The summed E-state index contributed by atoms with van der Waals surface area (Å²) in [4.78, 5) is 6.96. The van der Waals surface area contributed by atoms with Gasteiger partial charge in [-0.3, -0.25) is 4.99 Å². The number of likely N-dealkylation sites (tertiary alicyclic amines) is 1. The van der Waals surface area contributed by atoms with Gasteiger partial charge in [-0.2, -0.15) is 0 Å². The minimum atomic E-state index is 0.890. The van der Waals surface area contributed by atoms with Crippen molar-refractivity contribution in [2.24, 2.45) is 16.8 Å². The van der Waals surface area contributed by atoms with Crippen LogP contribution in [0.2, 0.25) is 0 Å². The van der Waals surface area contributed by atoms with Crippen LogP contribution in [-0.2, 0) is 6.42 Å². The molecule has 4 heteroatoms. The number of methoxy groups -OCH3 is 1. The predicted octanol–water partition coefficient (Wildman–Crippen LogP) is 2.94. The van der Waals surface area contributed by atoms with Crippen molar-refractivity contribution in [1.82, 2.24) is 10.2 Å². The summed E-state index contributed by atoms with van der Waals surface area (Å²) in [6.45, 7) is 3.28. The maximum Gasteiger partial charge on any atom is 0.193 e. The Morgan fingerprint density at radius 3 is 2.65 bits per heavy atom. The summed E-state index contributed by atoms with van der Waals surface area (Å²) in [5, 5.41) is 3.54.